The van der Waals surface area contributed by atoms with Gasteiger partial charge in [-0.25, -0.2) is 0 Å². The van der Waals surface area contributed by atoms with E-state index in [0.717, 1.165) is 24.1 Å². The van der Waals surface area contributed by atoms with Crippen LogP contribution in [-0.2, 0) is 29.8 Å². The quantitative estimate of drug-likeness (QED) is 0.666. The Hall–Kier alpha value is -0.397. The summed E-state index contributed by atoms with van der Waals surface area (Å²) in [7, 11) is 1.77. The molecule has 0 spiro atoms. The summed E-state index contributed by atoms with van der Waals surface area (Å²) >= 11 is 0. The van der Waals surface area contributed by atoms with Gasteiger partial charge in [-0.15, -0.1) is 0 Å². The number of hydrogen-bond donors (Lipinski definition) is 1. The Morgan fingerprint density at radius 1 is 1.29 bits per heavy atom. The van der Waals surface area contributed by atoms with E-state index in [0.29, 0.717) is 0 Å². The molecule has 2 N–H and O–H groups in total. The van der Waals surface area contributed by atoms with E-state index in [4.69, 9.17) is 10.5 Å². The van der Waals surface area contributed by atoms with Crippen molar-refractivity contribution in [1.82, 2.24) is 0 Å². The van der Waals surface area contributed by atoms with E-state index < -0.39 is 0 Å². The van der Waals surface area contributed by atoms with Gasteiger partial charge in [-0.2, -0.15) is 0 Å². The Labute approximate surface area is 97.6 Å². The van der Waals surface area contributed by atoms with Crippen molar-refractivity contribution in [2.45, 2.75) is 24.9 Å². The van der Waals surface area contributed by atoms with Crippen molar-refractivity contribution < 1.29 is 24.2 Å². The van der Waals surface area contributed by atoms with E-state index in [1.165, 1.54) is 6.42 Å². The van der Waals surface area contributed by atoms with Gasteiger partial charge in [0.15, 0.2) is 0 Å². The molecular weight excluding hydrogens is 265 g/mol. The largest absolute Gasteiger partial charge is 0.398 e. The first kappa shape index (κ1) is 11.7. The molecule has 0 bridgehead atoms. The topological polar surface area (TPSA) is 35.2 Å². The van der Waals surface area contributed by atoms with Crippen molar-refractivity contribution in [3.05, 3.63) is 29.8 Å². The second-order valence-corrected chi connectivity index (χ2v) is 3.64. The Kier molecular flexibility index (Phi) is 3.68. The minimum absolute atomic E-state index is 0. The third kappa shape index (κ3) is 1.71. The molecule has 2 rings (SSSR count). The van der Waals surface area contributed by atoms with Crippen molar-refractivity contribution >= 4 is 5.69 Å². The van der Waals surface area contributed by atoms with Gasteiger partial charge in [0.05, 0.1) is 5.60 Å². The molecular formula is C11H15NORh. The Bertz CT molecular complexity index is 304. The smallest absolute Gasteiger partial charge is 0.0947 e. The van der Waals surface area contributed by atoms with Gasteiger partial charge < -0.3 is 10.5 Å². The molecule has 3 heteroatoms. The zero-order valence-electron chi connectivity index (χ0n) is 8.25. The average molecular weight is 280 g/mol. The molecule has 0 amide bonds. The summed E-state index contributed by atoms with van der Waals surface area (Å²) in [6.07, 6.45) is 3.43. The van der Waals surface area contributed by atoms with Crippen LogP contribution in [0.25, 0.3) is 0 Å². The van der Waals surface area contributed by atoms with Crippen LogP contribution in [0, 0.1) is 0 Å². The van der Waals surface area contributed by atoms with E-state index >= 15 is 0 Å². The molecule has 0 unspecified atom stereocenters. The Morgan fingerprint density at radius 2 is 1.93 bits per heavy atom. The van der Waals surface area contributed by atoms with Gasteiger partial charge in [-0.05, 0) is 25.3 Å². The van der Waals surface area contributed by atoms with Crippen LogP contribution < -0.4 is 5.73 Å². The fourth-order valence-corrected chi connectivity index (χ4v) is 1.99. The first-order chi connectivity index (χ1) is 6.28. The van der Waals surface area contributed by atoms with Gasteiger partial charge in [-0.3, -0.25) is 0 Å². The summed E-state index contributed by atoms with van der Waals surface area (Å²) < 4.78 is 5.56. The summed E-state index contributed by atoms with van der Waals surface area (Å²) in [5.74, 6) is 0. The molecule has 0 heterocycles. The number of nitrogens with two attached hydrogens (primary N) is 1. The third-order valence-electron chi connectivity index (χ3n) is 3.00. The van der Waals surface area contributed by atoms with Crippen LogP contribution in [0.15, 0.2) is 24.3 Å². The molecule has 1 radical (unpaired) electrons. The van der Waals surface area contributed by atoms with Gasteiger partial charge in [0.25, 0.3) is 0 Å². The monoisotopic (exact) mass is 280 g/mol. The van der Waals surface area contributed by atoms with Crippen LogP contribution >= 0.6 is 0 Å². The number of rotatable bonds is 2. The van der Waals surface area contributed by atoms with Crippen molar-refractivity contribution in [1.29, 1.82) is 0 Å². The molecule has 2 nitrogen and oxygen atoms in total. The third-order valence-corrected chi connectivity index (χ3v) is 3.00. The predicted octanol–water partition coefficient (Wildman–Crippen LogP) is 2.29. The Morgan fingerprint density at radius 3 is 2.36 bits per heavy atom. The molecule has 1 aliphatic carbocycles. The molecule has 0 saturated heterocycles. The van der Waals surface area contributed by atoms with E-state index in [1.54, 1.807) is 7.11 Å². The van der Waals surface area contributed by atoms with E-state index in [2.05, 4.69) is 6.07 Å². The van der Waals surface area contributed by atoms with E-state index in [-0.39, 0.29) is 25.1 Å². The summed E-state index contributed by atoms with van der Waals surface area (Å²) in [6.45, 7) is 0. The van der Waals surface area contributed by atoms with Crippen molar-refractivity contribution in [3.8, 4) is 0 Å². The first-order valence-electron chi connectivity index (χ1n) is 4.69. The zero-order chi connectivity index (χ0) is 9.31. The van der Waals surface area contributed by atoms with Gasteiger partial charge in [0.1, 0.15) is 0 Å². The van der Waals surface area contributed by atoms with Gasteiger partial charge in [0, 0.05) is 37.8 Å². The van der Waals surface area contributed by atoms with Gasteiger partial charge in [-0.1, -0.05) is 18.2 Å². The molecule has 0 aliphatic heterocycles. The maximum atomic E-state index is 5.91. The molecule has 1 aromatic rings. The van der Waals surface area contributed by atoms with E-state index in [1.807, 2.05) is 18.2 Å². The molecule has 14 heavy (non-hydrogen) atoms. The van der Waals surface area contributed by atoms with Crippen LogP contribution in [0.2, 0.25) is 0 Å². The number of benzene rings is 1. The van der Waals surface area contributed by atoms with Crippen molar-refractivity contribution in [2.24, 2.45) is 0 Å². The van der Waals surface area contributed by atoms with Crippen LogP contribution in [0.1, 0.15) is 24.8 Å². The van der Waals surface area contributed by atoms with Crippen molar-refractivity contribution in [3.63, 3.8) is 0 Å². The summed E-state index contributed by atoms with van der Waals surface area (Å²) in [5.41, 5.74) is 7.84. The van der Waals surface area contributed by atoms with Crippen molar-refractivity contribution in [2.75, 3.05) is 12.8 Å². The van der Waals surface area contributed by atoms with Gasteiger partial charge >= 0.3 is 0 Å². The number of ether oxygens (including phenoxy) is 1. The summed E-state index contributed by atoms with van der Waals surface area (Å²) in [6, 6.07) is 7.98. The standard InChI is InChI=1S/C11H15NO.Rh/c1-13-11(7-4-8-11)9-5-2-3-6-10(9)12;/h2-3,5-6H,4,7-8,12H2,1H3;. The number of anilines is 1. The fourth-order valence-electron chi connectivity index (χ4n) is 1.99. The second kappa shape index (κ2) is 4.42. The van der Waals surface area contributed by atoms with E-state index in [9.17, 15) is 0 Å². The molecule has 1 aromatic carbocycles. The zero-order valence-corrected chi connectivity index (χ0v) is 9.89. The normalized spacial score (nSPS) is 18.1. The molecule has 0 aromatic heterocycles. The second-order valence-electron chi connectivity index (χ2n) is 3.64. The molecule has 1 fully saturated rings. The fraction of sp³-hybridized carbons (Fsp3) is 0.455. The number of hydrogen-bond acceptors (Lipinski definition) is 2. The summed E-state index contributed by atoms with van der Waals surface area (Å²) in [4.78, 5) is 0. The first-order valence-corrected chi connectivity index (χ1v) is 4.69. The number of methoxy groups -OCH3 is 1. The van der Waals surface area contributed by atoms with Crippen LogP contribution in [-0.4, -0.2) is 7.11 Å². The molecule has 1 aliphatic rings. The number of nitrogen functional groups attached to an aromatic ring is 1. The Balaban J connectivity index is 0.000000980. The van der Waals surface area contributed by atoms with Gasteiger partial charge in [0.2, 0.25) is 0 Å². The van der Waals surface area contributed by atoms with Crippen LogP contribution in [0.3, 0.4) is 0 Å². The van der Waals surface area contributed by atoms with Crippen LogP contribution in [0.4, 0.5) is 5.69 Å². The molecule has 1 saturated carbocycles. The summed E-state index contributed by atoms with van der Waals surface area (Å²) in [5, 5.41) is 0. The SMILES string of the molecule is COC1(c2ccccc2N)CCC1.[Rh]. The predicted molar refractivity (Wildman–Crippen MR) is 53.4 cm³/mol. The molecule has 0 atom stereocenters. The minimum Gasteiger partial charge on any atom is -0.398 e. The number of para-hydroxylation sites is 1. The van der Waals surface area contributed by atoms with Crippen LogP contribution in [0.5, 0.6) is 0 Å². The maximum absolute atomic E-state index is 5.91. The minimum atomic E-state index is -0.0780. The molecule has 79 valence electrons. The maximum Gasteiger partial charge on any atom is 0.0947 e. The average Bonchev–Trinajstić information content (AvgIpc) is 2.07.